The number of carbonyl (C=O) groups excluding carboxylic acids is 2. The largest absolute Gasteiger partial charge is 0.348 e. The van der Waals surface area contributed by atoms with Crippen LogP contribution in [0.25, 0.3) is 0 Å². The van der Waals surface area contributed by atoms with Gasteiger partial charge in [0.1, 0.15) is 5.82 Å². The van der Waals surface area contributed by atoms with Gasteiger partial charge in [0.2, 0.25) is 0 Å². The molecule has 5 heteroatoms. The van der Waals surface area contributed by atoms with Gasteiger partial charge in [-0.1, -0.05) is 35.9 Å². The molecule has 0 spiro atoms. The van der Waals surface area contributed by atoms with Crippen molar-refractivity contribution in [3.63, 3.8) is 0 Å². The van der Waals surface area contributed by atoms with Crippen LogP contribution in [0.15, 0.2) is 72.8 Å². The minimum atomic E-state index is -0.423. The molecule has 136 valence electrons. The summed E-state index contributed by atoms with van der Waals surface area (Å²) in [6.45, 7) is 2.43. The van der Waals surface area contributed by atoms with Crippen molar-refractivity contribution in [2.24, 2.45) is 0 Å². The highest BCUT2D eigenvalue weighted by atomic mass is 19.1. The number of benzene rings is 3. The molecule has 0 saturated heterocycles. The van der Waals surface area contributed by atoms with Gasteiger partial charge in [-0.2, -0.15) is 0 Å². The summed E-state index contributed by atoms with van der Waals surface area (Å²) in [5.41, 5.74) is 3.38. The lowest BCUT2D eigenvalue weighted by Gasteiger charge is -2.08. The zero-order chi connectivity index (χ0) is 19.2. The average molecular weight is 362 g/mol. The lowest BCUT2D eigenvalue weighted by atomic mass is 10.1. The number of anilines is 1. The van der Waals surface area contributed by atoms with E-state index in [-0.39, 0.29) is 11.8 Å². The first kappa shape index (κ1) is 18.3. The fourth-order valence-corrected chi connectivity index (χ4v) is 2.65. The Bertz CT molecular complexity index is 968. The first-order chi connectivity index (χ1) is 13.0. The second-order valence-corrected chi connectivity index (χ2v) is 6.21. The number of halogens is 1. The maximum Gasteiger partial charge on any atom is 0.255 e. The monoisotopic (exact) mass is 362 g/mol. The van der Waals surface area contributed by atoms with Crippen LogP contribution < -0.4 is 10.6 Å². The van der Waals surface area contributed by atoms with Crippen LogP contribution in [-0.2, 0) is 6.54 Å². The van der Waals surface area contributed by atoms with E-state index in [1.165, 1.54) is 18.2 Å². The normalized spacial score (nSPS) is 10.3. The Kier molecular flexibility index (Phi) is 5.61. The van der Waals surface area contributed by atoms with Gasteiger partial charge in [0.15, 0.2) is 0 Å². The molecule has 0 aromatic heterocycles. The SMILES string of the molecule is Cc1cccc(CNC(=O)c2ccc(C(=O)Nc3cccc(F)c3)cc2)c1. The second kappa shape index (κ2) is 8.27. The molecular formula is C22H19FN2O2. The molecule has 0 saturated carbocycles. The standard InChI is InChI=1S/C22H19FN2O2/c1-15-4-2-5-16(12-15)14-24-21(26)17-8-10-18(11-9-17)22(27)25-20-7-3-6-19(23)13-20/h2-13H,14H2,1H3,(H,24,26)(H,25,27). The number of rotatable bonds is 5. The number of amides is 2. The summed E-state index contributed by atoms with van der Waals surface area (Å²) in [6.07, 6.45) is 0. The molecular weight excluding hydrogens is 343 g/mol. The first-order valence-corrected chi connectivity index (χ1v) is 8.52. The van der Waals surface area contributed by atoms with Crippen LogP contribution in [0, 0.1) is 12.7 Å². The minimum absolute atomic E-state index is 0.214. The molecule has 0 atom stereocenters. The molecule has 2 amide bonds. The van der Waals surface area contributed by atoms with E-state index in [0.717, 1.165) is 11.1 Å². The Labute approximate surface area is 157 Å². The molecule has 2 N–H and O–H groups in total. The molecule has 0 aliphatic carbocycles. The van der Waals surface area contributed by atoms with Crippen molar-refractivity contribution in [1.29, 1.82) is 0 Å². The highest BCUT2D eigenvalue weighted by Gasteiger charge is 2.09. The summed E-state index contributed by atoms with van der Waals surface area (Å²) < 4.78 is 13.2. The molecule has 27 heavy (non-hydrogen) atoms. The van der Waals surface area contributed by atoms with Crippen LogP contribution in [0.4, 0.5) is 10.1 Å². The maximum atomic E-state index is 13.2. The Morgan fingerprint density at radius 2 is 1.52 bits per heavy atom. The number of aryl methyl sites for hydroxylation is 1. The number of hydrogen-bond acceptors (Lipinski definition) is 2. The van der Waals surface area contributed by atoms with Gasteiger partial charge in [-0.15, -0.1) is 0 Å². The van der Waals surface area contributed by atoms with Crippen molar-refractivity contribution in [3.05, 3.63) is 101 Å². The van der Waals surface area contributed by atoms with Gasteiger partial charge in [-0.25, -0.2) is 4.39 Å². The van der Waals surface area contributed by atoms with Gasteiger partial charge in [-0.3, -0.25) is 9.59 Å². The zero-order valence-electron chi connectivity index (χ0n) is 14.8. The van der Waals surface area contributed by atoms with Crippen molar-refractivity contribution in [2.75, 3.05) is 5.32 Å². The van der Waals surface area contributed by atoms with Crippen LogP contribution in [0.3, 0.4) is 0 Å². The van der Waals surface area contributed by atoms with Crippen molar-refractivity contribution >= 4 is 17.5 Å². The Morgan fingerprint density at radius 1 is 0.852 bits per heavy atom. The first-order valence-electron chi connectivity index (χ1n) is 8.52. The molecule has 4 nitrogen and oxygen atoms in total. The van der Waals surface area contributed by atoms with Crippen LogP contribution in [0.5, 0.6) is 0 Å². The quantitative estimate of drug-likeness (QED) is 0.710. The molecule has 0 heterocycles. The second-order valence-electron chi connectivity index (χ2n) is 6.21. The van der Waals surface area contributed by atoms with Crippen molar-refractivity contribution in [1.82, 2.24) is 5.32 Å². The van der Waals surface area contributed by atoms with E-state index in [9.17, 15) is 14.0 Å². The summed E-state index contributed by atoms with van der Waals surface area (Å²) in [6, 6.07) is 19.9. The molecule has 0 aliphatic heterocycles. The topological polar surface area (TPSA) is 58.2 Å². The smallest absolute Gasteiger partial charge is 0.255 e. The van der Waals surface area contributed by atoms with E-state index in [2.05, 4.69) is 10.6 Å². The fourth-order valence-electron chi connectivity index (χ4n) is 2.65. The van der Waals surface area contributed by atoms with Gasteiger partial charge in [-0.05, 0) is 55.0 Å². The van der Waals surface area contributed by atoms with Gasteiger partial charge in [0.25, 0.3) is 11.8 Å². The molecule has 0 unspecified atom stereocenters. The third kappa shape index (κ3) is 5.01. The van der Waals surface area contributed by atoms with E-state index < -0.39 is 5.82 Å². The van der Waals surface area contributed by atoms with E-state index in [1.54, 1.807) is 30.3 Å². The highest BCUT2D eigenvalue weighted by molar-refractivity contribution is 6.05. The van der Waals surface area contributed by atoms with E-state index in [0.29, 0.717) is 23.4 Å². The summed E-state index contributed by atoms with van der Waals surface area (Å²) >= 11 is 0. The Hall–Kier alpha value is -3.47. The molecule has 3 rings (SSSR count). The van der Waals surface area contributed by atoms with Crippen LogP contribution in [0.2, 0.25) is 0 Å². The number of nitrogens with one attached hydrogen (secondary N) is 2. The molecule has 0 aliphatic rings. The maximum absolute atomic E-state index is 13.2. The predicted octanol–water partition coefficient (Wildman–Crippen LogP) is 4.32. The number of carbonyl (C=O) groups is 2. The lowest BCUT2D eigenvalue weighted by Crippen LogP contribution is -2.23. The molecule has 0 bridgehead atoms. The highest BCUT2D eigenvalue weighted by Crippen LogP contribution is 2.12. The number of hydrogen-bond donors (Lipinski definition) is 2. The minimum Gasteiger partial charge on any atom is -0.348 e. The van der Waals surface area contributed by atoms with Gasteiger partial charge in [0, 0.05) is 23.4 Å². The fraction of sp³-hybridized carbons (Fsp3) is 0.0909. The summed E-state index contributed by atoms with van der Waals surface area (Å²) in [5, 5.41) is 5.48. The Balaban J connectivity index is 1.60. The molecule has 3 aromatic carbocycles. The third-order valence-corrected chi connectivity index (χ3v) is 4.03. The molecule has 0 radical (unpaired) electrons. The lowest BCUT2D eigenvalue weighted by molar-refractivity contribution is 0.0949. The van der Waals surface area contributed by atoms with Crippen molar-refractivity contribution in [3.8, 4) is 0 Å². The predicted molar refractivity (Wildman–Crippen MR) is 103 cm³/mol. The summed E-state index contributed by atoms with van der Waals surface area (Å²) in [4.78, 5) is 24.5. The summed E-state index contributed by atoms with van der Waals surface area (Å²) in [7, 11) is 0. The third-order valence-electron chi connectivity index (χ3n) is 4.03. The van der Waals surface area contributed by atoms with E-state index in [4.69, 9.17) is 0 Å². The van der Waals surface area contributed by atoms with Crippen molar-refractivity contribution < 1.29 is 14.0 Å². The van der Waals surface area contributed by atoms with Crippen molar-refractivity contribution in [2.45, 2.75) is 13.5 Å². The Morgan fingerprint density at radius 3 is 2.19 bits per heavy atom. The van der Waals surface area contributed by atoms with Crippen LogP contribution >= 0.6 is 0 Å². The van der Waals surface area contributed by atoms with Crippen LogP contribution in [0.1, 0.15) is 31.8 Å². The molecule has 0 fully saturated rings. The van der Waals surface area contributed by atoms with E-state index >= 15 is 0 Å². The van der Waals surface area contributed by atoms with Crippen LogP contribution in [-0.4, -0.2) is 11.8 Å². The van der Waals surface area contributed by atoms with Gasteiger partial charge >= 0.3 is 0 Å². The van der Waals surface area contributed by atoms with E-state index in [1.807, 2.05) is 31.2 Å². The zero-order valence-corrected chi connectivity index (χ0v) is 14.8. The summed E-state index contributed by atoms with van der Waals surface area (Å²) in [5.74, 6) is -1.01. The average Bonchev–Trinajstić information content (AvgIpc) is 2.66. The molecule has 3 aromatic rings. The van der Waals surface area contributed by atoms with Gasteiger partial charge in [0.05, 0.1) is 0 Å². The van der Waals surface area contributed by atoms with Gasteiger partial charge < -0.3 is 10.6 Å².